The summed E-state index contributed by atoms with van der Waals surface area (Å²) in [5.41, 5.74) is 0.0680. The van der Waals surface area contributed by atoms with Gasteiger partial charge in [-0.2, -0.15) is 0 Å². The Morgan fingerprint density at radius 3 is 2.71 bits per heavy atom. The Hall–Kier alpha value is -1.55. The molecule has 17 heavy (non-hydrogen) atoms. The van der Waals surface area contributed by atoms with Gasteiger partial charge in [0.1, 0.15) is 5.75 Å². The van der Waals surface area contributed by atoms with Crippen molar-refractivity contribution in [2.45, 2.75) is 32.8 Å². The van der Waals surface area contributed by atoms with E-state index in [1.54, 1.807) is 26.0 Å². The van der Waals surface area contributed by atoms with Crippen molar-refractivity contribution in [2.24, 2.45) is 0 Å². The number of carbonyl (C=O) groups is 1. The first kappa shape index (κ1) is 13.5. The fourth-order valence-corrected chi connectivity index (χ4v) is 1.36. The van der Waals surface area contributed by atoms with Crippen molar-refractivity contribution in [1.29, 1.82) is 0 Å². The number of nitrogens with one attached hydrogen (secondary N) is 1. The second kappa shape index (κ2) is 5.19. The highest BCUT2D eigenvalue weighted by molar-refractivity contribution is 5.96. The monoisotopic (exact) mass is 237 g/mol. The van der Waals surface area contributed by atoms with Crippen LogP contribution < -0.4 is 5.32 Å². The fraction of sp³-hybridized carbons (Fsp3) is 0.462. The summed E-state index contributed by atoms with van der Waals surface area (Å²) in [7, 11) is 0. The zero-order valence-electron chi connectivity index (χ0n) is 10.4. The Balaban J connectivity index is 2.74. The normalized spacial score (nSPS) is 14.1. The third-order valence-electron chi connectivity index (χ3n) is 2.94. The lowest BCUT2D eigenvalue weighted by Gasteiger charge is -2.21. The summed E-state index contributed by atoms with van der Waals surface area (Å²) in [5.74, 6) is -0.188. The van der Waals surface area contributed by atoms with E-state index in [4.69, 9.17) is 0 Å². The van der Waals surface area contributed by atoms with E-state index in [-0.39, 0.29) is 18.2 Å². The van der Waals surface area contributed by atoms with Crippen molar-refractivity contribution < 1.29 is 15.0 Å². The second-order valence-corrected chi connectivity index (χ2v) is 4.48. The number of rotatable bonds is 4. The van der Waals surface area contributed by atoms with E-state index in [1.165, 1.54) is 6.07 Å². The van der Waals surface area contributed by atoms with E-state index in [0.29, 0.717) is 17.5 Å². The number of hydrogen-bond donors (Lipinski definition) is 3. The van der Waals surface area contributed by atoms with Gasteiger partial charge in [0, 0.05) is 17.7 Å². The summed E-state index contributed by atoms with van der Waals surface area (Å²) < 4.78 is 0. The largest absolute Gasteiger partial charge is 0.508 e. The number of hydrogen-bond acceptors (Lipinski definition) is 3. The van der Waals surface area contributed by atoms with E-state index in [1.807, 2.05) is 6.92 Å². The van der Waals surface area contributed by atoms with Crippen LogP contribution in [0.2, 0.25) is 0 Å². The Morgan fingerprint density at radius 1 is 1.47 bits per heavy atom. The molecule has 0 aromatic heterocycles. The van der Waals surface area contributed by atoms with Crippen LogP contribution in [0.4, 0.5) is 0 Å². The first-order valence-electron chi connectivity index (χ1n) is 5.66. The van der Waals surface area contributed by atoms with E-state index in [2.05, 4.69) is 5.32 Å². The molecule has 0 saturated heterocycles. The van der Waals surface area contributed by atoms with Gasteiger partial charge >= 0.3 is 0 Å². The Morgan fingerprint density at radius 2 is 2.12 bits per heavy atom. The molecule has 0 aliphatic carbocycles. The smallest absolute Gasteiger partial charge is 0.251 e. The molecule has 4 nitrogen and oxygen atoms in total. The minimum absolute atomic E-state index is 0.0971. The molecular weight excluding hydrogens is 218 g/mol. The van der Waals surface area contributed by atoms with Gasteiger partial charge in [-0.1, -0.05) is 13.0 Å². The number of benzene rings is 1. The van der Waals surface area contributed by atoms with Gasteiger partial charge in [0.05, 0.1) is 5.60 Å². The lowest BCUT2D eigenvalue weighted by molar-refractivity contribution is 0.0518. The lowest BCUT2D eigenvalue weighted by atomic mass is 10.0. The molecule has 1 atom stereocenters. The summed E-state index contributed by atoms with van der Waals surface area (Å²) in [6.07, 6.45) is 0.562. The van der Waals surface area contributed by atoms with Crippen LogP contribution in [0.5, 0.6) is 5.75 Å². The van der Waals surface area contributed by atoms with Gasteiger partial charge in [-0.05, 0) is 32.4 Å². The van der Waals surface area contributed by atoms with Gasteiger partial charge in [0.25, 0.3) is 5.91 Å². The molecular formula is C13H19NO3. The van der Waals surface area contributed by atoms with E-state index in [9.17, 15) is 15.0 Å². The van der Waals surface area contributed by atoms with Gasteiger partial charge in [-0.25, -0.2) is 0 Å². The first-order chi connectivity index (χ1) is 7.87. The van der Waals surface area contributed by atoms with Crippen LogP contribution in [0.15, 0.2) is 18.2 Å². The van der Waals surface area contributed by atoms with Crippen molar-refractivity contribution in [3.63, 3.8) is 0 Å². The van der Waals surface area contributed by atoms with Gasteiger partial charge in [0.15, 0.2) is 0 Å². The van der Waals surface area contributed by atoms with Crippen molar-refractivity contribution in [2.75, 3.05) is 6.54 Å². The van der Waals surface area contributed by atoms with Crippen LogP contribution in [-0.4, -0.2) is 28.3 Å². The third-order valence-corrected chi connectivity index (χ3v) is 2.94. The Labute approximate surface area is 101 Å². The zero-order chi connectivity index (χ0) is 13.1. The van der Waals surface area contributed by atoms with Crippen LogP contribution in [0.3, 0.4) is 0 Å². The number of aromatic hydroxyl groups is 1. The molecule has 4 heteroatoms. The Bertz CT molecular complexity index is 413. The second-order valence-electron chi connectivity index (χ2n) is 4.48. The van der Waals surface area contributed by atoms with Gasteiger partial charge < -0.3 is 15.5 Å². The van der Waals surface area contributed by atoms with E-state index < -0.39 is 5.60 Å². The highest BCUT2D eigenvalue weighted by Gasteiger charge is 2.19. The SMILES string of the molecule is CCC(C)(O)CNC(=O)c1cccc(O)c1C. The fourth-order valence-electron chi connectivity index (χ4n) is 1.36. The van der Waals surface area contributed by atoms with Crippen molar-refractivity contribution in [1.82, 2.24) is 5.32 Å². The molecule has 1 rings (SSSR count). The molecule has 3 N–H and O–H groups in total. The predicted octanol–water partition coefficient (Wildman–Crippen LogP) is 1.59. The summed E-state index contributed by atoms with van der Waals surface area (Å²) >= 11 is 0. The molecule has 1 unspecified atom stereocenters. The zero-order valence-corrected chi connectivity index (χ0v) is 10.4. The minimum atomic E-state index is -0.902. The first-order valence-corrected chi connectivity index (χ1v) is 5.66. The molecule has 0 aliphatic rings. The standard InChI is InChI=1S/C13H19NO3/c1-4-13(3,17)8-14-12(16)10-6-5-7-11(15)9(10)2/h5-7,15,17H,4,8H2,1-3H3,(H,14,16). The average molecular weight is 237 g/mol. The van der Waals surface area contributed by atoms with Gasteiger partial charge in [-0.15, -0.1) is 0 Å². The molecule has 94 valence electrons. The molecule has 0 radical (unpaired) electrons. The molecule has 0 saturated carbocycles. The Kier molecular flexibility index (Phi) is 4.12. The molecule has 0 aliphatic heterocycles. The van der Waals surface area contributed by atoms with E-state index in [0.717, 1.165) is 0 Å². The van der Waals surface area contributed by atoms with Gasteiger partial charge in [0.2, 0.25) is 0 Å². The molecule has 1 amide bonds. The van der Waals surface area contributed by atoms with Crippen LogP contribution in [0.25, 0.3) is 0 Å². The molecule has 0 bridgehead atoms. The van der Waals surface area contributed by atoms with Crippen LogP contribution in [0, 0.1) is 6.92 Å². The van der Waals surface area contributed by atoms with E-state index >= 15 is 0 Å². The summed E-state index contributed by atoms with van der Waals surface area (Å²) in [6, 6.07) is 4.80. The van der Waals surface area contributed by atoms with Crippen molar-refractivity contribution in [3.05, 3.63) is 29.3 Å². The van der Waals surface area contributed by atoms with Crippen LogP contribution in [-0.2, 0) is 0 Å². The quantitative estimate of drug-likeness (QED) is 0.744. The highest BCUT2D eigenvalue weighted by atomic mass is 16.3. The number of carbonyl (C=O) groups excluding carboxylic acids is 1. The van der Waals surface area contributed by atoms with Crippen LogP contribution >= 0.6 is 0 Å². The topological polar surface area (TPSA) is 69.6 Å². The maximum Gasteiger partial charge on any atom is 0.251 e. The lowest BCUT2D eigenvalue weighted by Crippen LogP contribution is -2.40. The van der Waals surface area contributed by atoms with Crippen molar-refractivity contribution >= 4 is 5.91 Å². The summed E-state index contributed by atoms with van der Waals surface area (Å²) in [6.45, 7) is 5.40. The molecule has 1 aromatic carbocycles. The number of amides is 1. The van der Waals surface area contributed by atoms with Gasteiger partial charge in [-0.3, -0.25) is 4.79 Å². The minimum Gasteiger partial charge on any atom is -0.508 e. The highest BCUT2D eigenvalue weighted by Crippen LogP contribution is 2.19. The third kappa shape index (κ3) is 3.46. The maximum atomic E-state index is 11.8. The number of aliphatic hydroxyl groups is 1. The molecule has 1 aromatic rings. The molecule has 0 fully saturated rings. The summed E-state index contributed by atoms with van der Waals surface area (Å²) in [5, 5.41) is 21.9. The van der Waals surface area contributed by atoms with Crippen LogP contribution in [0.1, 0.15) is 36.2 Å². The van der Waals surface area contributed by atoms with Crippen molar-refractivity contribution in [3.8, 4) is 5.75 Å². The predicted molar refractivity (Wildman–Crippen MR) is 66.1 cm³/mol. The average Bonchev–Trinajstić information content (AvgIpc) is 2.30. The molecule has 0 heterocycles. The number of phenols is 1. The number of phenolic OH excluding ortho intramolecular Hbond substituents is 1. The molecule has 0 spiro atoms. The maximum absolute atomic E-state index is 11.8. The summed E-state index contributed by atoms with van der Waals surface area (Å²) in [4.78, 5) is 11.8.